The summed E-state index contributed by atoms with van der Waals surface area (Å²) in [7, 11) is 3.33. The van der Waals surface area contributed by atoms with E-state index in [4.69, 9.17) is 10.5 Å². The molecule has 0 fully saturated rings. The molecule has 0 aliphatic heterocycles. The number of methoxy groups -OCH3 is 1. The lowest BCUT2D eigenvalue weighted by atomic mass is 10.2. The Bertz CT molecular complexity index is 1190. The van der Waals surface area contributed by atoms with Crippen LogP contribution in [0.15, 0.2) is 41.9 Å². The van der Waals surface area contributed by atoms with E-state index in [1.807, 2.05) is 22.7 Å². The van der Waals surface area contributed by atoms with Crippen molar-refractivity contribution in [2.24, 2.45) is 10.7 Å². The van der Waals surface area contributed by atoms with Gasteiger partial charge in [-0.3, -0.25) is 4.99 Å². The molecule has 0 aromatic carbocycles. The number of pyridine rings is 1. The average molecular weight is 377 g/mol. The molecule has 142 valence electrons. The molecule has 0 spiro atoms. The van der Waals surface area contributed by atoms with Crippen LogP contribution in [-0.2, 0) is 17.9 Å². The van der Waals surface area contributed by atoms with E-state index in [-0.39, 0.29) is 0 Å². The Hall–Kier alpha value is -3.66. The lowest BCUT2D eigenvalue weighted by molar-refractivity contribution is 0.181. The molecule has 0 aliphatic rings. The summed E-state index contributed by atoms with van der Waals surface area (Å²) in [5.41, 5.74) is 10.9. The first-order valence-corrected chi connectivity index (χ1v) is 8.58. The summed E-state index contributed by atoms with van der Waals surface area (Å²) in [5.74, 6) is 0. The smallest absolute Gasteiger partial charge is 0.221 e. The van der Waals surface area contributed by atoms with Gasteiger partial charge in [-0.2, -0.15) is 0 Å². The van der Waals surface area contributed by atoms with Gasteiger partial charge < -0.3 is 14.9 Å². The highest BCUT2D eigenvalue weighted by molar-refractivity contribution is 6.08. The molecule has 4 heterocycles. The van der Waals surface area contributed by atoms with Crippen molar-refractivity contribution < 1.29 is 4.74 Å². The van der Waals surface area contributed by atoms with Gasteiger partial charge in [0.05, 0.1) is 36.9 Å². The maximum atomic E-state index is 5.68. The third-order valence-electron chi connectivity index (χ3n) is 4.24. The molecule has 2 N–H and O–H groups in total. The minimum Gasteiger partial charge on any atom is -0.404 e. The lowest BCUT2D eigenvalue weighted by Gasteiger charge is -2.06. The van der Waals surface area contributed by atoms with Crippen molar-refractivity contribution in [2.75, 3.05) is 14.2 Å². The van der Waals surface area contributed by atoms with Crippen LogP contribution in [0.2, 0.25) is 0 Å². The van der Waals surface area contributed by atoms with Crippen LogP contribution in [0.5, 0.6) is 0 Å². The van der Waals surface area contributed by atoms with Gasteiger partial charge in [0, 0.05) is 38.3 Å². The number of hydrogen-bond acceptors (Lipinski definition) is 8. The van der Waals surface area contributed by atoms with Crippen LogP contribution in [-0.4, -0.2) is 54.7 Å². The Kier molecular flexibility index (Phi) is 4.77. The number of nitrogens with two attached hydrogens (primary N) is 1. The molecule has 4 rings (SSSR count). The van der Waals surface area contributed by atoms with Crippen molar-refractivity contribution in [3.8, 4) is 0 Å². The summed E-state index contributed by atoms with van der Waals surface area (Å²) in [6, 6.07) is 3.95. The van der Waals surface area contributed by atoms with E-state index >= 15 is 0 Å². The normalized spacial score (nSPS) is 12.6. The van der Waals surface area contributed by atoms with Crippen molar-refractivity contribution in [1.82, 2.24) is 34.3 Å². The number of ether oxygens (including phenoxy) is 1. The van der Waals surface area contributed by atoms with Crippen molar-refractivity contribution >= 4 is 28.7 Å². The van der Waals surface area contributed by atoms with E-state index in [0.717, 1.165) is 16.9 Å². The van der Waals surface area contributed by atoms with Crippen LogP contribution in [0.3, 0.4) is 0 Å². The van der Waals surface area contributed by atoms with Crippen LogP contribution >= 0.6 is 0 Å². The van der Waals surface area contributed by atoms with Gasteiger partial charge in [0.15, 0.2) is 5.65 Å². The van der Waals surface area contributed by atoms with Gasteiger partial charge in [-0.1, -0.05) is 11.3 Å². The maximum Gasteiger partial charge on any atom is 0.221 e. The quantitative estimate of drug-likeness (QED) is 0.499. The molecular formula is C18H19N9O. The third-order valence-corrected chi connectivity index (χ3v) is 4.24. The maximum absolute atomic E-state index is 5.68. The van der Waals surface area contributed by atoms with E-state index in [2.05, 4.69) is 30.3 Å². The number of imidazole rings is 1. The Morgan fingerprint density at radius 1 is 1.29 bits per heavy atom. The summed E-state index contributed by atoms with van der Waals surface area (Å²) in [4.78, 5) is 17.3. The number of aliphatic imine (C=N–C) groups is 1. The summed E-state index contributed by atoms with van der Waals surface area (Å²) in [6.07, 6.45) is 8.50. The molecule has 4 aromatic heterocycles. The summed E-state index contributed by atoms with van der Waals surface area (Å²) >= 11 is 0. The Labute approximate surface area is 160 Å². The fourth-order valence-corrected chi connectivity index (χ4v) is 2.93. The highest BCUT2D eigenvalue weighted by Crippen LogP contribution is 2.15. The second-order valence-corrected chi connectivity index (χ2v) is 6.11. The van der Waals surface area contributed by atoms with Gasteiger partial charge in [-0.25, -0.2) is 19.6 Å². The van der Waals surface area contributed by atoms with E-state index in [9.17, 15) is 0 Å². The predicted molar refractivity (Wildman–Crippen MR) is 105 cm³/mol. The van der Waals surface area contributed by atoms with Crippen molar-refractivity contribution in [3.63, 3.8) is 0 Å². The van der Waals surface area contributed by atoms with Crippen molar-refractivity contribution in [2.45, 2.75) is 13.2 Å². The van der Waals surface area contributed by atoms with Gasteiger partial charge in [-0.05, 0) is 11.6 Å². The molecule has 10 nitrogen and oxygen atoms in total. The minimum absolute atomic E-state index is 0.470. The fourth-order valence-electron chi connectivity index (χ4n) is 2.93. The van der Waals surface area contributed by atoms with Crippen LogP contribution in [0.1, 0.15) is 17.0 Å². The van der Waals surface area contributed by atoms with E-state index in [0.29, 0.717) is 35.7 Å². The average Bonchev–Trinajstić information content (AvgIpc) is 3.30. The number of rotatable bonds is 6. The van der Waals surface area contributed by atoms with Gasteiger partial charge in [0.1, 0.15) is 5.65 Å². The van der Waals surface area contributed by atoms with Crippen LogP contribution in [0.4, 0.5) is 0 Å². The number of allylic oxidation sites excluding steroid dienone is 1. The number of aromatic nitrogens is 7. The SMILES string of the molecule is CN=CC(=CN)c1cnc2nnn(Cc3ccc4ncc(COC)n4c3)c2n1. The molecule has 0 unspecified atom stereocenters. The molecule has 0 bridgehead atoms. The van der Waals surface area contributed by atoms with E-state index in [1.165, 1.54) is 6.20 Å². The largest absolute Gasteiger partial charge is 0.404 e. The zero-order valence-corrected chi connectivity index (χ0v) is 15.5. The van der Waals surface area contributed by atoms with Crippen molar-refractivity contribution in [1.29, 1.82) is 0 Å². The van der Waals surface area contributed by atoms with Gasteiger partial charge >= 0.3 is 0 Å². The molecule has 28 heavy (non-hydrogen) atoms. The van der Waals surface area contributed by atoms with Gasteiger partial charge in [0.2, 0.25) is 5.65 Å². The fraction of sp³-hybridized carbons (Fsp3) is 0.222. The van der Waals surface area contributed by atoms with E-state index < -0.39 is 0 Å². The third kappa shape index (κ3) is 3.21. The summed E-state index contributed by atoms with van der Waals surface area (Å²) in [5, 5.41) is 8.30. The Balaban J connectivity index is 1.71. The molecule has 0 aliphatic carbocycles. The Morgan fingerprint density at radius 2 is 2.18 bits per heavy atom. The monoisotopic (exact) mass is 377 g/mol. The standard InChI is InChI=1S/C18H19N9O/c1-20-6-13(5-19)15-8-22-17-18(23-15)27(25-24-17)10-12-3-4-16-21-7-14(11-28-2)26(16)9-12/h3-9H,10-11,19H2,1-2H3. The zero-order valence-electron chi connectivity index (χ0n) is 15.5. The van der Waals surface area contributed by atoms with E-state index in [1.54, 1.807) is 37.4 Å². The first-order chi connectivity index (χ1) is 13.7. The molecule has 0 saturated carbocycles. The first-order valence-electron chi connectivity index (χ1n) is 8.58. The molecule has 0 atom stereocenters. The number of hydrogen-bond donors (Lipinski definition) is 1. The Morgan fingerprint density at radius 3 is 2.96 bits per heavy atom. The summed E-state index contributed by atoms with van der Waals surface area (Å²) in [6.45, 7) is 0.970. The highest BCUT2D eigenvalue weighted by atomic mass is 16.5. The van der Waals surface area contributed by atoms with Gasteiger partial charge in [-0.15, -0.1) is 5.10 Å². The molecule has 0 saturated heterocycles. The molecule has 0 radical (unpaired) electrons. The van der Waals surface area contributed by atoms with Crippen LogP contribution in [0, 0.1) is 0 Å². The molecule has 10 heteroatoms. The van der Waals surface area contributed by atoms with Crippen molar-refractivity contribution in [3.05, 3.63) is 53.9 Å². The second-order valence-electron chi connectivity index (χ2n) is 6.11. The topological polar surface area (TPSA) is 121 Å². The molecular weight excluding hydrogens is 358 g/mol. The predicted octanol–water partition coefficient (Wildman–Crippen LogP) is 1.06. The lowest BCUT2D eigenvalue weighted by Crippen LogP contribution is -2.06. The molecule has 4 aromatic rings. The number of fused-ring (bicyclic) bond motifs is 2. The first kappa shape index (κ1) is 17.7. The number of nitrogens with zero attached hydrogens (tertiary/aromatic N) is 8. The molecule has 0 amide bonds. The second kappa shape index (κ2) is 7.53. The van der Waals surface area contributed by atoms with Crippen LogP contribution < -0.4 is 5.73 Å². The zero-order chi connectivity index (χ0) is 19.5. The van der Waals surface area contributed by atoms with Gasteiger partial charge in [0.25, 0.3) is 0 Å². The summed E-state index contributed by atoms with van der Waals surface area (Å²) < 4.78 is 8.94. The minimum atomic E-state index is 0.470. The highest BCUT2D eigenvalue weighted by Gasteiger charge is 2.12. The van der Waals surface area contributed by atoms with Crippen LogP contribution in [0.25, 0.3) is 22.5 Å².